The molecule has 0 aliphatic carbocycles. The molecule has 1 aromatic carbocycles. The maximum Gasteiger partial charge on any atom is 0.256 e. The average molecular weight is 338 g/mol. The van der Waals surface area contributed by atoms with Gasteiger partial charge in [0.1, 0.15) is 0 Å². The van der Waals surface area contributed by atoms with Crippen molar-refractivity contribution in [1.82, 2.24) is 20.1 Å². The van der Waals surface area contributed by atoms with Crippen LogP contribution in [0.3, 0.4) is 0 Å². The predicted molar refractivity (Wildman–Crippen MR) is 87.1 cm³/mol. The van der Waals surface area contributed by atoms with Gasteiger partial charge in [-0.25, -0.2) is 4.39 Å². The minimum absolute atomic E-state index is 0.0903. The van der Waals surface area contributed by atoms with Gasteiger partial charge in [0.2, 0.25) is 5.89 Å². The monoisotopic (exact) mass is 338 g/mol. The zero-order chi connectivity index (χ0) is 17.4. The van der Waals surface area contributed by atoms with Crippen LogP contribution in [-0.4, -0.2) is 26.0 Å². The van der Waals surface area contributed by atoms with Crippen LogP contribution in [0.25, 0.3) is 11.5 Å². The number of alkyl halides is 1. The highest BCUT2D eigenvalue weighted by atomic mass is 19.1. The fraction of sp³-hybridized carbons (Fsp3) is 0.222. The van der Waals surface area contributed by atoms with E-state index < -0.39 is 6.17 Å². The van der Waals surface area contributed by atoms with Crippen LogP contribution in [0.15, 0.2) is 47.0 Å². The van der Waals surface area contributed by atoms with Gasteiger partial charge in [-0.15, -0.1) is 10.2 Å². The lowest BCUT2D eigenvalue weighted by Crippen LogP contribution is -2.23. The highest BCUT2D eigenvalue weighted by molar-refractivity contribution is 5.98. The Kier molecular flexibility index (Phi) is 3.76. The van der Waals surface area contributed by atoms with Gasteiger partial charge in [0.25, 0.3) is 11.8 Å². The molecule has 3 heterocycles. The molecule has 0 spiro atoms. The molecule has 2 aromatic heterocycles. The molecule has 0 fully saturated rings. The van der Waals surface area contributed by atoms with Gasteiger partial charge in [0.05, 0.1) is 23.4 Å². The summed E-state index contributed by atoms with van der Waals surface area (Å²) in [5.41, 5.74) is 2.79. The smallest absolute Gasteiger partial charge is 0.256 e. The van der Waals surface area contributed by atoms with Crippen molar-refractivity contribution in [3.63, 3.8) is 0 Å². The predicted octanol–water partition coefficient (Wildman–Crippen LogP) is 3.32. The number of fused-ring (bicyclic) bond motifs is 1. The summed E-state index contributed by atoms with van der Waals surface area (Å²) in [7, 11) is 0. The maximum atomic E-state index is 13.2. The Morgan fingerprint density at radius 1 is 1.28 bits per heavy atom. The minimum Gasteiger partial charge on any atom is -0.417 e. The van der Waals surface area contributed by atoms with Crippen LogP contribution >= 0.6 is 0 Å². The number of aromatic nitrogens is 3. The summed E-state index contributed by atoms with van der Waals surface area (Å²) in [6.45, 7) is 2.30. The van der Waals surface area contributed by atoms with E-state index >= 15 is 0 Å². The molecule has 6 nitrogen and oxygen atoms in total. The quantitative estimate of drug-likeness (QED) is 0.730. The highest BCUT2D eigenvalue weighted by Crippen LogP contribution is 2.28. The molecule has 1 aliphatic heterocycles. The molecule has 0 saturated heterocycles. The zero-order valence-corrected chi connectivity index (χ0v) is 13.5. The van der Waals surface area contributed by atoms with Crippen LogP contribution in [0.5, 0.6) is 0 Å². The van der Waals surface area contributed by atoms with Crippen molar-refractivity contribution in [2.24, 2.45) is 0 Å². The fourth-order valence-corrected chi connectivity index (χ4v) is 2.79. The number of carbonyl (C=O) groups is 1. The first-order chi connectivity index (χ1) is 12.1. The first kappa shape index (κ1) is 15.4. The Hall–Kier alpha value is -3.09. The number of carbonyl (C=O) groups excluding carboxylic acids is 1. The molecule has 7 heteroatoms. The Morgan fingerprint density at radius 3 is 2.80 bits per heavy atom. The normalized spacial score (nSPS) is 14.6. The summed E-state index contributed by atoms with van der Waals surface area (Å²) < 4.78 is 18.5. The molecule has 126 valence electrons. The summed E-state index contributed by atoms with van der Waals surface area (Å²) in [5.74, 6) is -0.0246. The van der Waals surface area contributed by atoms with Crippen LogP contribution in [0.4, 0.5) is 4.39 Å². The van der Waals surface area contributed by atoms with Gasteiger partial charge < -0.3 is 9.32 Å². The Bertz CT molecular complexity index is 924. The maximum absolute atomic E-state index is 13.2. The van der Waals surface area contributed by atoms with Crippen LogP contribution in [0.1, 0.15) is 40.6 Å². The number of halogens is 1. The van der Waals surface area contributed by atoms with Gasteiger partial charge in [-0.2, -0.15) is 0 Å². The second-order valence-corrected chi connectivity index (χ2v) is 5.93. The number of nitrogens with zero attached hydrogens (tertiary/aromatic N) is 4. The van der Waals surface area contributed by atoms with E-state index in [2.05, 4.69) is 15.2 Å². The summed E-state index contributed by atoms with van der Waals surface area (Å²) in [6, 6.07) is 11.5. The molecule has 25 heavy (non-hydrogen) atoms. The highest BCUT2D eigenvalue weighted by Gasteiger charge is 2.29. The van der Waals surface area contributed by atoms with E-state index in [1.54, 1.807) is 17.2 Å². The number of pyridine rings is 1. The molecule has 0 bridgehead atoms. The average Bonchev–Trinajstić information content (AvgIpc) is 3.22. The van der Waals surface area contributed by atoms with Crippen LogP contribution in [0, 0.1) is 0 Å². The molecular weight excluding hydrogens is 323 g/mol. The van der Waals surface area contributed by atoms with Gasteiger partial charge in [-0.3, -0.25) is 9.78 Å². The molecule has 1 atom stereocenters. The first-order valence-corrected chi connectivity index (χ1v) is 7.92. The summed E-state index contributed by atoms with van der Waals surface area (Å²) in [6.07, 6.45) is 0.227. The lowest BCUT2D eigenvalue weighted by molar-refractivity contribution is 0.0766. The number of benzene rings is 1. The minimum atomic E-state index is -1.34. The van der Waals surface area contributed by atoms with Gasteiger partial charge in [0.15, 0.2) is 6.17 Å². The van der Waals surface area contributed by atoms with E-state index in [9.17, 15) is 9.18 Å². The van der Waals surface area contributed by atoms with E-state index in [0.29, 0.717) is 29.9 Å². The van der Waals surface area contributed by atoms with Crippen molar-refractivity contribution in [3.05, 3.63) is 65.3 Å². The summed E-state index contributed by atoms with van der Waals surface area (Å²) in [4.78, 5) is 18.7. The third-order valence-corrected chi connectivity index (χ3v) is 4.07. The Labute approximate surface area is 143 Å². The largest absolute Gasteiger partial charge is 0.417 e. The Morgan fingerprint density at radius 2 is 2.08 bits per heavy atom. The SMILES string of the molecule is CC(F)c1nnc(-c2cnc3c(c2)C(=O)N(Cc2ccccc2)C3)o1. The topological polar surface area (TPSA) is 72.1 Å². The fourth-order valence-electron chi connectivity index (χ4n) is 2.79. The molecule has 4 rings (SSSR count). The lowest BCUT2D eigenvalue weighted by Gasteiger charge is -2.14. The molecule has 0 saturated carbocycles. The van der Waals surface area contributed by atoms with Crippen molar-refractivity contribution >= 4 is 5.91 Å². The summed E-state index contributed by atoms with van der Waals surface area (Å²) >= 11 is 0. The molecule has 1 amide bonds. The second-order valence-electron chi connectivity index (χ2n) is 5.93. The van der Waals surface area contributed by atoms with Gasteiger partial charge in [0, 0.05) is 12.7 Å². The third kappa shape index (κ3) is 2.88. The molecule has 0 N–H and O–H groups in total. The van der Waals surface area contributed by atoms with Gasteiger partial charge in [-0.05, 0) is 18.6 Å². The van der Waals surface area contributed by atoms with Crippen molar-refractivity contribution in [2.45, 2.75) is 26.2 Å². The number of rotatable bonds is 4. The molecule has 1 aliphatic rings. The molecule has 0 radical (unpaired) electrons. The van der Waals surface area contributed by atoms with Crippen molar-refractivity contribution in [1.29, 1.82) is 0 Å². The van der Waals surface area contributed by atoms with Crippen molar-refractivity contribution in [3.8, 4) is 11.5 Å². The van der Waals surface area contributed by atoms with Crippen LogP contribution < -0.4 is 0 Å². The number of amides is 1. The van der Waals surface area contributed by atoms with E-state index in [0.717, 1.165) is 5.56 Å². The first-order valence-electron chi connectivity index (χ1n) is 7.92. The third-order valence-electron chi connectivity index (χ3n) is 4.07. The molecular formula is C18H15FN4O2. The zero-order valence-electron chi connectivity index (χ0n) is 13.5. The van der Waals surface area contributed by atoms with Gasteiger partial charge in [-0.1, -0.05) is 30.3 Å². The van der Waals surface area contributed by atoms with Crippen molar-refractivity contribution in [2.75, 3.05) is 0 Å². The van der Waals surface area contributed by atoms with E-state index in [1.165, 1.54) is 6.92 Å². The van der Waals surface area contributed by atoms with Crippen LogP contribution in [0.2, 0.25) is 0 Å². The van der Waals surface area contributed by atoms with E-state index in [1.807, 2.05) is 30.3 Å². The molecule has 3 aromatic rings. The van der Waals surface area contributed by atoms with Crippen molar-refractivity contribution < 1.29 is 13.6 Å². The molecule has 1 unspecified atom stereocenters. The summed E-state index contributed by atoms with van der Waals surface area (Å²) in [5, 5.41) is 7.48. The Balaban J connectivity index is 1.59. The second kappa shape index (κ2) is 6.08. The standard InChI is InChI=1S/C18H15FN4O2/c1-11(19)16-21-22-17(25-16)13-7-14-15(20-8-13)10-23(18(14)24)9-12-5-3-2-4-6-12/h2-8,11H,9-10H2,1H3. The number of hydrogen-bond donors (Lipinski definition) is 0. The lowest BCUT2D eigenvalue weighted by atomic mass is 10.1. The van der Waals surface area contributed by atoms with E-state index in [-0.39, 0.29) is 17.7 Å². The van der Waals surface area contributed by atoms with Crippen LogP contribution in [-0.2, 0) is 13.1 Å². The number of hydrogen-bond acceptors (Lipinski definition) is 5. The van der Waals surface area contributed by atoms with E-state index in [4.69, 9.17) is 4.42 Å². The van der Waals surface area contributed by atoms with Gasteiger partial charge >= 0.3 is 0 Å².